The van der Waals surface area contributed by atoms with E-state index >= 15 is 0 Å². The number of methoxy groups -OCH3 is 2. The first kappa shape index (κ1) is 17.9. The van der Waals surface area contributed by atoms with Crippen LogP contribution >= 0.6 is 0 Å². The van der Waals surface area contributed by atoms with Gasteiger partial charge in [0.1, 0.15) is 12.0 Å². The SMILES string of the molecule is COc1cc(OC)c(-c2cccc3c(N)c4c(nc23)CN(C2CC2)C4C=O)cn1. The summed E-state index contributed by atoms with van der Waals surface area (Å²) in [7, 11) is 3.19. The fraction of sp³-hybridized carbons (Fsp3) is 0.318. The summed E-state index contributed by atoms with van der Waals surface area (Å²) >= 11 is 0. The summed E-state index contributed by atoms with van der Waals surface area (Å²) in [5.41, 5.74) is 11.4. The van der Waals surface area contributed by atoms with Crippen molar-refractivity contribution in [3.63, 3.8) is 0 Å². The maximum atomic E-state index is 11.9. The van der Waals surface area contributed by atoms with E-state index in [9.17, 15) is 4.79 Å². The molecule has 2 N–H and O–H groups in total. The topological polar surface area (TPSA) is 90.6 Å². The number of nitrogens with two attached hydrogens (primary N) is 1. The van der Waals surface area contributed by atoms with Crippen molar-refractivity contribution in [2.45, 2.75) is 31.5 Å². The zero-order valence-corrected chi connectivity index (χ0v) is 16.4. The molecule has 3 heterocycles. The van der Waals surface area contributed by atoms with Crippen LogP contribution in [-0.4, -0.2) is 41.4 Å². The second kappa shape index (κ2) is 6.70. The Morgan fingerprint density at radius 1 is 1.21 bits per heavy atom. The van der Waals surface area contributed by atoms with Crippen LogP contribution < -0.4 is 15.2 Å². The minimum absolute atomic E-state index is 0.310. The first-order chi connectivity index (χ1) is 14.2. The maximum absolute atomic E-state index is 11.9. The summed E-state index contributed by atoms with van der Waals surface area (Å²) in [6, 6.07) is 7.77. The summed E-state index contributed by atoms with van der Waals surface area (Å²) in [5.74, 6) is 1.13. The van der Waals surface area contributed by atoms with E-state index in [1.807, 2.05) is 18.2 Å². The van der Waals surface area contributed by atoms with Gasteiger partial charge in [0.15, 0.2) is 0 Å². The molecule has 0 saturated heterocycles. The van der Waals surface area contributed by atoms with Gasteiger partial charge in [-0.05, 0) is 12.8 Å². The molecular formula is C22H22N4O3. The van der Waals surface area contributed by atoms with Crippen LogP contribution in [-0.2, 0) is 11.3 Å². The zero-order valence-electron chi connectivity index (χ0n) is 16.4. The second-order valence-electron chi connectivity index (χ2n) is 7.50. The van der Waals surface area contributed by atoms with Crippen molar-refractivity contribution in [2.24, 2.45) is 0 Å². The van der Waals surface area contributed by atoms with Crippen LogP contribution in [0.5, 0.6) is 11.6 Å². The van der Waals surface area contributed by atoms with Crippen molar-refractivity contribution < 1.29 is 14.3 Å². The Labute approximate surface area is 168 Å². The number of para-hydroxylation sites is 1. The highest BCUT2D eigenvalue weighted by Crippen LogP contribution is 2.46. The van der Waals surface area contributed by atoms with E-state index in [1.54, 1.807) is 26.5 Å². The zero-order chi connectivity index (χ0) is 20.1. The van der Waals surface area contributed by atoms with Crippen LogP contribution in [0.15, 0.2) is 30.5 Å². The lowest BCUT2D eigenvalue weighted by Crippen LogP contribution is -2.25. The molecule has 1 aromatic carbocycles. The van der Waals surface area contributed by atoms with Crippen LogP contribution in [0.2, 0.25) is 0 Å². The molecule has 1 fully saturated rings. The normalized spacial score (nSPS) is 18.6. The Balaban J connectivity index is 1.72. The average molecular weight is 390 g/mol. The number of carbonyl (C=O) groups excluding carboxylic acids is 1. The molecule has 1 unspecified atom stereocenters. The van der Waals surface area contributed by atoms with Gasteiger partial charge in [0.25, 0.3) is 0 Å². The molecule has 7 heteroatoms. The van der Waals surface area contributed by atoms with Gasteiger partial charge in [-0.25, -0.2) is 4.98 Å². The fourth-order valence-corrected chi connectivity index (χ4v) is 4.29. The number of fused-ring (bicyclic) bond motifs is 2. The molecule has 2 aliphatic rings. The molecule has 3 aromatic rings. The van der Waals surface area contributed by atoms with Gasteiger partial charge in [-0.15, -0.1) is 0 Å². The van der Waals surface area contributed by atoms with Crippen molar-refractivity contribution in [3.8, 4) is 22.8 Å². The minimum atomic E-state index is -0.310. The van der Waals surface area contributed by atoms with Crippen molar-refractivity contribution in [1.82, 2.24) is 14.9 Å². The number of ether oxygens (including phenoxy) is 2. The average Bonchev–Trinajstić information content (AvgIpc) is 3.53. The lowest BCUT2D eigenvalue weighted by atomic mass is 9.98. The van der Waals surface area contributed by atoms with Crippen LogP contribution in [0.1, 0.15) is 30.1 Å². The predicted octanol–water partition coefficient (Wildman–Crippen LogP) is 3.11. The van der Waals surface area contributed by atoms with Gasteiger partial charge in [0.05, 0.1) is 31.5 Å². The summed E-state index contributed by atoms with van der Waals surface area (Å²) in [4.78, 5) is 23.4. The molecule has 29 heavy (non-hydrogen) atoms. The van der Waals surface area contributed by atoms with Crippen LogP contribution in [0.4, 0.5) is 5.69 Å². The third-order valence-corrected chi connectivity index (χ3v) is 5.86. The van der Waals surface area contributed by atoms with E-state index in [1.165, 1.54) is 0 Å². The molecule has 0 radical (unpaired) electrons. The second-order valence-corrected chi connectivity index (χ2v) is 7.50. The summed E-state index contributed by atoms with van der Waals surface area (Å²) in [5, 5.41) is 0.837. The van der Waals surface area contributed by atoms with Gasteiger partial charge < -0.3 is 20.0 Å². The van der Waals surface area contributed by atoms with E-state index in [0.717, 1.165) is 52.4 Å². The van der Waals surface area contributed by atoms with Crippen molar-refractivity contribution in [3.05, 3.63) is 41.7 Å². The number of nitrogens with zero attached hydrogens (tertiary/aromatic N) is 3. The molecule has 7 nitrogen and oxygen atoms in total. The van der Waals surface area contributed by atoms with Gasteiger partial charge in [-0.1, -0.05) is 18.2 Å². The van der Waals surface area contributed by atoms with E-state index in [4.69, 9.17) is 20.2 Å². The lowest BCUT2D eigenvalue weighted by molar-refractivity contribution is -0.112. The highest BCUT2D eigenvalue weighted by atomic mass is 16.5. The van der Waals surface area contributed by atoms with E-state index < -0.39 is 0 Å². The Morgan fingerprint density at radius 3 is 2.72 bits per heavy atom. The number of carbonyl (C=O) groups is 1. The first-order valence-electron chi connectivity index (χ1n) is 9.66. The summed E-state index contributed by atoms with van der Waals surface area (Å²) in [6.45, 7) is 0.649. The fourth-order valence-electron chi connectivity index (χ4n) is 4.29. The van der Waals surface area contributed by atoms with E-state index in [-0.39, 0.29) is 6.04 Å². The van der Waals surface area contributed by atoms with Crippen molar-refractivity contribution in [2.75, 3.05) is 20.0 Å². The molecular weight excluding hydrogens is 368 g/mol. The number of pyridine rings is 2. The molecule has 1 aliphatic heterocycles. The molecule has 0 amide bonds. The number of hydrogen-bond donors (Lipinski definition) is 1. The number of anilines is 1. The minimum Gasteiger partial charge on any atom is -0.496 e. The molecule has 1 aliphatic carbocycles. The Hall–Kier alpha value is -3.19. The Kier molecular flexibility index (Phi) is 4.13. The van der Waals surface area contributed by atoms with Gasteiger partial charge in [0.2, 0.25) is 5.88 Å². The highest BCUT2D eigenvalue weighted by Gasteiger charge is 2.42. The van der Waals surface area contributed by atoms with Crippen molar-refractivity contribution in [1.29, 1.82) is 0 Å². The Morgan fingerprint density at radius 2 is 2.03 bits per heavy atom. The molecule has 1 saturated carbocycles. The maximum Gasteiger partial charge on any atom is 0.216 e. The monoisotopic (exact) mass is 390 g/mol. The molecule has 1 atom stereocenters. The molecule has 0 bridgehead atoms. The third kappa shape index (κ3) is 2.73. The number of aldehydes is 1. The third-order valence-electron chi connectivity index (χ3n) is 5.86. The van der Waals surface area contributed by atoms with Crippen molar-refractivity contribution >= 4 is 22.9 Å². The summed E-state index contributed by atoms with van der Waals surface area (Å²) < 4.78 is 10.8. The quantitative estimate of drug-likeness (QED) is 0.669. The van der Waals surface area contributed by atoms with Gasteiger partial charge >= 0.3 is 0 Å². The smallest absolute Gasteiger partial charge is 0.216 e. The Bertz CT molecular complexity index is 1130. The highest BCUT2D eigenvalue weighted by molar-refractivity contribution is 6.02. The van der Waals surface area contributed by atoms with Crippen LogP contribution in [0.3, 0.4) is 0 Å². The largest absolute Gasteiger partial charge is 0.496 e. The van der Waals surface area contributed by atoms with E-state index in [2.05, 4.69) is 9.88 Å². The number of benzene rings is 1. The molecule has 5 rings (SSSR count). The summed E-state index contributed by atoms with van der Waals surface area (Å²) in [6.07, 6.45) is 4.96. The number of aromatic nitrogens is 2. The van der Waals surface area contributed by atoms with Gasteiger partial charge in [-0.2, -0.15) is 0 Å². The lowest BCUT2D eigenvalue weighted by Gasteiger charge is -2.20. The van der Waals surface area contributed by atoms with Crippen LogP contribution in [0.25, 0.3) is 22.0 Å². The molecule has 0 spiro atoms. The van der Waals surface area contributed by atoms with Gasteiger partial charge in [0, 0.05) is 52.6 Å². The number of nitrogen functional groups attached to an aromatic ring is 1. The number of rotatable bonds is 5. The van der Waals surface area contributed by atoms with Gasteiger partial charge in [-0.3, -0.25) is 9.88 Å². The number of hydrogen-bond acceptors (Lipinski definition) is 7. The molecule has 148 valence electrons. The standard InChI is InChI=1S/C22H22N4O3/c1-28-18-8-19(29-2)24-9-15(18)13-4-3-5-14-21(23)20-16(25-22(13)14)10-26(12-6-7-12)17(20)11-27/h3-5,8-9,11-12,17H,6-7,10H2,1-2H3,(H2,23,25). The van der Waals surface area contributed by atoms with E-state index in [0.29, 0.717) is 29.9 Å². The van der Waals surface area contributed by atoms with Crippen LogP contribution in [0, 0.1) is 0 Å². The predicted molar refractivity (Wildman–Crippen MR) is 110 cm³/mol. The molecule has 2 aromatic heterocycles. The first-order valence-corrected chi connectivity index (χ1v) is 9.66.